The molecule has 4 heteroatoms. The van der Waals surface area contributed by atoms with Gasteiger partial charge in [0.2, 0.25) is 0 Å². The molecule has 1 aliphatic heterocycles. The third-order valence-corrected chi connectivity index (χ3v) is 5.41. The summed E-state index contributed by atoms with van der Waals surface area (Å²) in [6.45, 7) is 4.61. The predicted molar refractivity (Wildman–Crippen MR) is 86.3 cm³/mol. The van der Waals surface area contributed by atoms with Gasteiger partial charge in [-0.1, -0.05) is 43.7 Å². The molecule has 2 heterocycles. The third-order valence-electron chi connectivity index (χ3n) is 4.85. The summed E-state index contributed by atoms with van der Waals surface area (Å²) >= 11 is 1.62. The normalized spacial score (nSPS) is 23.9. The molecule has 0 saturated heterocycles. The molecular formula is C16H23N3S. The van der Waals surface area contributed by atoms with Gasteiger partial charge >= 0.3 is 0 Å². The molecule has 1 fully saturated rings. The Bertz CT molecular complexity index is 520. The molecule has 2 aliphatic rings. The number of nitrogens with zero attached hydrogens (tertiary/aromatic N) is 3. The second-order valence-electron chi connectivity index (χ2n) is 5.89. The molecule has 1 aliphatic carbocycles. The van der Waals surface area contributed by atoms with Crippen molar-refractivity contribution in [3.8, 4) is 0 Å². The van der Waals surface area contributed by atoms with Crippen molar-refractivity contribution in [2.24, 2.45) is 0 Å². The maximum Gasteiger partial charge on any atom is 0.189 e. The van der Waals surface area contributed by atoms with E-state index in [1.807, 2.05) is 12.5 Å². The molecule has 0 N–H and O–H groups in total. The van der Waals surface area contributed by atoms with Crippen LogP contribution in [0, 0.1) is 0 Å². The average Bonchev–Trinajstić information content (AvgIpc) is 2.96. The molecule has 0 aromatic carbocycles. The molecule has 1 atom stereocenters. The van der Waals surface area contributed by atoms with E-state index >= 15 is 0 Å². The van der Waals surface area contributed by atoms with Crippen LogP contribution in [-0.2, 0) is 0 Å². The second-order valence-corrected chi connectivity index (χ2v) is 6.66. The minimum Gasteiger partial charge on any atom is -0.344 e. The Kier molecular flexibility index (Phi) is 3.76. The summed E-state index contributed by atoms with van der Waals surface area (Å²) in [6, 6.07) is 0.421. The Morgan fingerprint density at radius 2 is 2.15 bits per heavy atom. The zero-order valence-electron chi connectivity index (χ0n) is 12.6. The zero-order chi connectivity index (χ0) is 14.2. The lowest BCUT2D eigenvalue weighted by Gasteiger charge is -2.46. The topological polar surface area (TPSA) is 29.0 Å². The van der Waals surface area contributed by atoms with Gasteiger partial charge in [-0.25, -0.2) is 9.97 Å². The number of aromatic nitrogens is 2. The Morgan fingerprint density at radius 1 is 1.40 bits per heavy atom. The summed E-state index contributed by atoms with van der Waals surface area (Å²) in [5.74, 6) is 1.14. The largest absolute Gasteiger partial charge is 0.344 e. The molecule has 108 valence electrons. The van der Waals surface area contributed by atoms with Crippen molar-refractivity contribution in [1.29, 1.82) is 0 Å². The monoisotopic (exact) mass is 289 g/mol. The van der Waals surface area contributed by atoms with E-state index in [-0.39, 0.29) is 0 Å². The van der Waals surface area contributed by atoms with Gasteiger partial charge in [0.15, 0.2) is 5.16 Å². The number of hydrogen-bond acceptors (Lipinski definition) is 4. The molecule has 0 amide bonds. The first-order valence-corrected chi connectivity index (χ1v) is 8.81. The molecule has 3 nitrogen and oxygen atoms in total. The highest BCUT2D eigenvalue weighted by Crippen LogP contribution is 2.44. The number of fused-ring (bicyclic) bond motifs is 1. The summed E-state index contributed by atoms with van der Waals surface area (Å²) in [4.78, 5) is 11.8. The lowest BCUT2D eigenvalue weighted by molar-refractivity contribution is 0.362. The van der Waals surface area contributed by atoms with E-state index in [1.54, 1.807) is 11.8 Å². The molecule has 3 rings (SSSR count). The fourth-order valence-corrected chi connectivity index (χ4v) is 4.09. The summed E-state index contributed by atoms with van der Waals surface area (Å²) in [7, 11) is 0. The molecular weight excluding hydrogens is 266 g/mol. The first kappa shape index (κ1) is 13.9. The Balaban J connectivity index is 2.09. The van der Waals surface area contributed by atoms with E-state index in [4.69, 9.17) is 4.98 Å². The second kappa shape index (κ2) is 5.40. The summed E-state index contributed by atoms with van der Waals surface area (Å²) in [5, 5.41) is 0.875. The SMILES string of the molecule is CCC1(N2c3nc(SC)ncc3C=CC2C)CCCC1. The van der Waals surface area contributed by atoms with Gasteiger partial charge in [-0.2, -0.15) is 0 Å². The highest BCUT2D eigenvalue weighted by molar-refractivity contribution is 7.98. The molecule has 0 radical (unpaired) electrons. The molecule has 20 heavy (non-hydrogen) atoms. The minimum atomic E-state index is 0.295. The van der Waals surface area contributed by atoms with Crippen molar-refractivity contribution < 1.29 is 0 Å². The average molecular weight is 289 g/mol. The fourth-order valence-electron chi connectivity index (χ4n) is 3.75. The van der Waals surface area contributed by atoms with Gasteiger partial charge in [-0.15, -0.1) is 0 Å². The van der Waals surface area contributed by atoms with Crippen molar-refractivity contribution in [3.05, 3.63) is 17.8 Å². The van der Waals surface area contributed by atoms with E-state index < -0.39 is 0 Å². The summed E-state index contributed by atoms with van der Waals surface area (Å²) in [6.07, 6.45) is 15.0. The zero-order valence-corrected chi connectivity index (χ0v) is 13.4. The molecule has 0 spiro atoms. The lowest BCUT2D eigenvalue weighted by Crippen LogP contribution is -2.52. The molecule has 1 unspecified atom stereocenters. The van der Waals surface area contributed by atoms with Gasteiger partial charge in [0.05, 0.1) is 0 Å². The van der Waals surface area contributed by atoms with E-state index in [0.29, 0.717) is 11.6 Å². The summed E-state index contributed by atoms with van der Waals surface area (Å²) < 4.78 is 0. The van der Waals surface area contributed by atoms with Crippen molar-refractivity contribution in [1.82, 2.24) is 9.97 Å². The predicted octanol–water partition coefficient (Wildman–Crippen LogP) is 4.14. The number of rotatable bonds is 3. The van der Waals surface area contributed by atoms with Crippen LogP contribution in [0.3, 0.4) is 0 Å². The van der Waals surface area contributed by atoms with Gasteiger partial charge < -0.3 is 4.90 Å². The number of hydrogen-bond donors (Lipinski definition) is 0. The van der Waals surface area contributed by atoms with Crippen LogP contribution >= 0.6 is 11.8 Å². The molecule has 1 saturated carbocycles. The van der Waals surface area contributed by atoms with Gasteiger partial charge in [0.1, 0.15) is 5.82 Å². The van der Waals surface area contributed by atoms with Crippen molar-refractivity contribution in [2.45, 2.75) is 62.7 Å². The number of thioether (sulfide) groups is 1. The van der Waals surface area contributed by atoms with Crippen LogP contribution in [0.5, 0.6) is 0 Å². The van der Waals surface area contributed by atoms with E-state index in [9.17, 15) is 0 Å². The number of anilines is 1. The highest BCUT2D eigenvalue weighted by atomic mass is 32.2. The van der Waals surface area contributed by atoms with Crippen LogP contribution in [0.15, 0.2) is 17.4 Å². The standard InChI is InChI=1S/C16H23N3S/c1-4-16(9-5-6-10-16)19-12(2)7-8-13-11-17-15(20-3)18-14(13)19/h7-8,11-12H,4-6,9-10H2,1-3H3. The van der Waals surface area contributed by atoms with Crippen LogP contribution in [0.1, 0.15) is 51.5 Å². The van der Waals surface area contributed by atoms with E-state index in [2.05, 4.69) is 35.9 Å². The summed E-state index contributed by atoms with van der Waals surface area (Å²) in [5.41, 5.74) is 1.46. The third kappa shape index (κ3) is 2.14. The van der Waals surface area contributed by atoms with Gasteiger partial charge in [-0.05, 0) is 32.4 Å². The van der Waals surface area contributed by atoms with Crippen molar-refractivity contribution >= 4 is 23.7 Å². The van der Waals surface area contributed by atoms with Crippen LogP contribution in [0.4, 0.5) is 5.82 Å². The Labute approximate surface area is 125 Å². The van der Waals surface area contributed by atoms with E-state index in [1.165, 1.54) is 37.7 Å². The quantitative estimate of drug-likeness (QED) is 0.617. The molecule has 0 bridgehead atoms. The smallest absolute Gasteiger partial charge is 0.189 e. The van der Waals surface area contributed by atoms with Crippen molar-refractivity contribution in [3.63, 3.8) is 0 Å². The minimum absolute atomic E-state index is 0.295. The highest BCUT2D eigenvalue weighted by Gasteiger charge is 2.42. The maximum atomic E-state index is 4.83. The van der Waals surface area contributed by atoms with Crippen LogP contribution in [-0.4, -0.2) is 27.8 Å². The maximum absolute atomic E-state index is 4.83. The lowest BCUT2D eigenvalue weighted by atomic mass is 9.88. The van der Waals surface area contributed by atoms with Gasteiger partial charge in [0.25, 0.3) is 0 Å². The Hall–Kier alpha value is -1.03. The molecule has 1 aromatic heterocycles. The van der Waals surface area contributed by atoms with Gasteiger partial charge in [-0.3, -0.25) is 0 Å². The van der Waals surface area contributed by atoms with Crippen LogP contribution in [0.2, 0.25) is 0 Å². The van der Waals surface area contributed by atoms with Crippen LogP contribution < -0.4 is 4.90 Å². The van der Waals surface area contributed by atoms with Crippen LogP contribution in [0.25, 0.3) is 6.08 Å². The first-order valence-electron chi connectivity index (χ1n) is 7.59. The fraction of sp³-hybridized carbons (Fsp3) is 0.625. The van der Waals surface area contributed by atoms with Gasteiger partial charge in [0, 0.05) is 23.3 Å². The van der Waals surface area contributed by atoms with Crippen molar-refractivity contribution in [2.75, 3.05) is 11.2 Å². The Morgan fingerprint density at radius 3 is 2.80 bits per heavy atom. The molecule has 1 aromatic rings. The van der Waals surface area contributed by atoms with E-state index in [0.717, 1.165) is 11.0 Å². The first-order chi connectivity index (χ1) is 9.70.